The predicted molar refractivity (Wildman–Crippen MR) is 128 cm³/mol. The molecule has 0 bridgehead atoms. The van der Waals surface area contributed by atoms with Crippen LogP contribution in [0.4, 0.5) is 0 Å². The second kappa shape index (κ2) is 8.23. The van der Waals surface area contributed by atoms with E-state index in [0.717, 1.165) is 31.2 Å². The lowest BCUT2D eigenvalue weighted by atomic mass is 9.50. The lowest BCUT2D eigenvalue weighted by molar-refractivity contribution is 0.0239. The summed E-state index contributed by atoms with van der Waals surface area (Å²) in [6, 6.07) is 0. The molecule has 0 aromatic carbocycles. The van der Waals surface area contributed by atoms with Gasteiger partial charge in [-0.1, -0.05) is 52.3 Å². The SMILES string of the molecule is C=C(CC[C@H](C)[C@H]1CCN=C2C3=C(CC[C@@]21C)[C@@]1(C)CC[C@@H](O)C[C@H]1CC3)C(C)C. The van der Waals surface area contributed by atoms with E-state index in [4.69, 9.17) is 4.99 Å². The highest BCUT2D eigenvalue weighted by Gasteiger charge is 2.52. The molecule has 4 aliphatic rings. The standard InChI is InChI=1S/C28H45NO/c1-18(2)19(3)7-8-20(4)24-13-16-29-26-23-10-9-21-17-22(30)11-14-27(21,5)25(23)12-15-28(24,26)6/h18,20-22,24,30H,3,7-17H2,1-2,4-6H3/t20-,21+,22+,24+,27-,28+/m0/s1. The summed E-state index contributed by atoms with van der Waals surface area (Å²) in [5.74, 6) is 2.75. The van der Waals surface area contributed by atoms with Crippen molar-refractivity contribution < 1.29 is 5.11 Å². The minimum absolute atomic E-state index is 0.0723. The van der Waals surface area contributed by atoms with Gasteiger partial charge in [-0.2, -0.15) is 0 Å². The molecule has 4 rings (SSSR count). The van der Waals surface area contributed by atoms with Gasteiger partial charge in [0, 0.05) is 17.7 Å². The van der Waals surface area contributed by atoms with Crippen molar-refractivity contribution in [3.8, 4) is 0 Å². The Morgan fingerprint density at radius 3 is 2.60 bits per heavy atom. The highest BCUT2D eigenvalue weighted by Crippen LogP contribution is 2.60. The van der Waals surface area contributed by atoms with Crippen molar-refractivity contribution in [3.63, 3.8) is 0 Å². The molecule has 0 amide bonds. The maximum atomic E-state index is 10.3. The summed E-state index contributed by atoms with van der Waals surface area (Å²) in [4.78, 5) is 5.24. The van der Waals surface area contributed by atoms with Gasteiger partial charge in [-0.3, -0.25) is 4.99 Å². The van der Waals surface area contributed by atoms with Gasteiger partial charge in [0.1, 0.15) is 0 Å². The van der Waals surface area contributed by atoms with Gasteiger partial charge in [-0.25, -0.2) is 0 Å². The third-order valence-electron chi connectivity index (χ3n) is 9.92. The van der Waals surface area contributed by atoms with E-state index in [1.807, 2.05) is 0 Å². The Hall–Kier alpha value is -0.890. The van der Waals surface area contributed by atoms with Crippen LogP contribution in [-0.4, -0.2) is 23.5 Å². The van der Waals surface area contributed by atoms with Crippen LogP contribution in [0.25, 0.3) is 0 Å². The Bertz CT molecular complexity index is 746. The molecule has 1 aliphatic heterocycles. The zero-order valence-electron chi connectivity index (χ0n) is 20.3. The number of aliphatic imine (C=N–C) groups is 1. The van der Waals surface area contributed by atoms with Crippen molar-refractivity contribution in [3.05, 3.63) is 23.3 Å². The Kier molecular flexibility index (Phi) is 6.12. The normalized spacial score (nSPS) is 39.7. The zero-order valence-corrected chi connectivity index (χ0v) is 20.3. The smallest absolute Gasteiger partial charge is 0.0543 e. The first kappa shape index (κ1) is 22.3. The van der Waals surface area contributed by atoms with Crippen LogP contribution >= 0.6 is 0 Å². The summed E-state index contributed by atoms with van der Waals surface area (Å²) >= 11 is 0. The fourth-order valence-electron chi connectivity index (χ4n) is 7.66. The molecule has 0 saturated heterocycles. The average molecular weight is 412 g/mol. The van der Waals surface area contributed by atoms with Crippen LogP contribution in [0, 0.1) is 34.5 Å². The quantitative estimate of drug-likeness (QED) is 0.479. The largest absolute Gasteiger partial charge is 0.393 e. The molecule has 0 aromatic rings. The number of aliphatic hydroxyl groups is 1. The highest BCUT2D eigenvalue weighted by atomic mass is 16.3. The Morgan fingerprint density at radius 2 is 1.87 bits per heavy atom. The third kappa shape index (κ3) is 3.65. The summed E-state index contributed by atoms with van der Waals surface area (Å²) in [5, 5.41) is 10.3. The van der Waals surface area contributed by atoms with Gasteiger partial charge in [0.2, 0.25) is 0 Å². The molecule has 30 heavy (non-hydrogen) atoms. The van der Waals surface area contributed by atoms with Crippen molar-refractivity contribution in [1.82, 2.24) is 0 Å². The van der Waals surface area contributed by atoms with Crippen LogP contribution in [0.2, 0.25) is 0 Å². The molecule has 3 aliphatic carbocycles. The van der Waals surface area contributed by atoms with Crippen LogP contribution in [0.15, 0.2) is 28.3 Å². The van der Waals surface area contributed by atoms with Crippen LogP contribution in [0.5, 0.6) is 0 Å². The van der Waals surface area contributed by atoms with Crippen LogP contribution < -0.4 is 0 Å². The molecule has 0 spiro atoms. The van der Waals surface area contributed by atoms with E-state index in [9.17, 15) is 5.11 Å². The molecule has 168 valence electrons. The summed E-state index contributed by atoms with van der Waals surface area (Å²) in [6.45, 7) is 17.4. The lowest BCUT2D eigenvalue weighted by Gasteiger charge is -2.55. The van der Waals surface area contributed by atoms with Crippen LogP contribution in [0.3, 0.4) is 0 Å². The number of allylic oxidation sites excluding steroid dienone is 3. The van der Waals surface area contributed by atoms with Gasteiger partial charge in [-0.15, -0.1) is 0 Å². The fourth-order valence-corrected chi connectivity index (χ4v) is 7.66. The van der Waals surface area contributed by atoms with Crippen LogP contribution in [-0.2, 0) is 0 Å². The van der Waals surface area contributed by atoms with Crippen molar-refractivity contribution >= 4 is 5.71 Å². The van der Waals surface area contributed by atoms with Gasteiger partial charge in [0.25, 0.3) is 0 Å². The van der Waals surface area contributed by atoms with Gasteiger partial charge < -0.3 is 5.11 Å². The number of hydrogen-bond donors (Lipinski definition) is 1. The van der Waals surface area contributed by atoms with E-state index in [-0.39, 0.29) is 11.5 Å². The number of aliphatic hydroxyl groups excluding tert-OH is 1. The zero-order chi connectivity index (χ0) is 21.7. The van der Waals surface area contributed by atoms with E-state index >= 15 is 0 Å². The van der Waals surface area contributed by atoms with Gasteiger partial charge in [0.15, 0.2) is 0 Å². The van der Waals surface area contributed by atoms with E-state index < -0.39 is 0 Å². The predicted octanol–water partition coefficient (Wildman–Crippen LogP) is 7.13. The maximum Gasteiger partial charge on any atom is 0.0543 e. The fraction of sp³-hybridized carbons (Fsp3) is 0.821. The first-order valence-electron chi connectivity index (χ1n) is 12.8. The van der Waals surface area contributed by atoms with Crippen molar-refractivity contribution in [2.75, 3.05) is 6.54 Å². The van der Waals surface area contributed by atoms with Crippen molar-refractivity contribution in [1.29, 1.82) is 0 Å². The Balaban J connectivity index is 1.58. The van der Waals surface area contributed by atoms with Crippen molar-refractivity contribution in [2.45, 2.75) is 105 Å². The third-order valence-corrected chi connectivity index (χ3v) is 9.92. The Labute approximate surface area is 185 Å². The molecule has 2 heteroatoms. The first-order valence-corrected chi connectivity index (χ1v) is 12.8. The number of rotatable bonds is 5. The van der Waals surface area contributed by atoms with Crippen LogP contribution in [0.1, 0.15) is 98.8 Å². The van der Waals surface area contributed by atoms with Gasteiger partial charge in [-0.05, 0) is 98.9 Å². The van der Waals surface area contributed by atoms with E-state index in [0.29, 0.717) is 17.3 Å². The second-order valence-corrected chi connectivity index (χ2v) is 11.9. The van der Waals surface area contributed by atoms with E-state index in [1.54, 1.807) is 11.1 Å². The number of nitrogens with zero attached hydrogens (tertiary/aromatic N) is 1. The molecule has 0 radical (unpaired) electrons. The molecule has 2 nitrogen and oxygen atoms in total. The summed E-state index contributed by atoms with van der Waals surface area (Å²) in [7, 11) is 0. The average Bonchev–Trinajstić information content (AvgIpc) is 2.71. The van der Waals surface area contributed by atoms with Crippen molar-refractivity contribution in [2.24, 2.45) is 39.5 Å². The topological polar surface area (TPSA) is 32.6 Å². The monoisotopic (exact) mass is 411 g/mol. The summed E-state index contributed by atoms with van der Waals surface area (Å²) < 4.78 is 0. The molecule has 6 atom stereocenters. The van der Waals surface area contributed by atoms with E-state index in [1.165, 1.54) is 62.7 Å². The Morgan fingerprint density at radius 1 is 1.10 bits per heavy atom. The molecule has 1 N–H and O–H groups in total. The molecule has 1 heterocycles. The molecule has 0 aromatic heterocycles. The maximum absolute atomic E-state index is 10.3. The molecular weight excluding hydrogens is 366 g/mol. The first-order chi connectivity index (χ1) is 14.2. The number of hydrogen-bond acceptors (Lipinski definition) is 2. The minimum Gasteiger partial charge on any atom is -0.393 e. The molecule has 0 unspecified atom stereocenters. The minimum atomic E-state index is -0.0723. The van der Waals surface area contributed by atoms with Gasteiger partial charge >= 0.3 is 0 Å². The summed E-state index contributed by atoms with van der Waals surface area (Å²) in [5.41, 5.74) is 6.87. The molecular formula is C28H45NO. The highest BCUT2D eigenvalue weighted by molar-refractivity contribution is 6.06. The van der Waals surface area contributed by atoms with Gasteiger partial charge in [0.05, 0.1) is 6.10 Å². The lowest BCUT2D eigenvalue weighted by Crippen LogP contribution is -2.50. The summed E-state index contributed by atoms with van der Waals surface area (Å²) in [6.07, 6.45) is 11.8. The molecule has 1 saturated carbocycles. The number of fused-ring (bicyclic) bond motifs is 4. The van der Waals surface area contributed by atoms with E-state index in [2.05, 4.69) is 41.2 Å². The molecule has 1 fully saturated rings. The second-order valence-electron chi connectivity index (χ2n) is 11.9.